The van der Waals surface area contributed by atoms with E-state index in [1.54, 1.807) is 0 Å². The molecule has 0 unspecified atom stereocenters. The second-order valence-electron chi connectivity index (χ2n) is 3.31. The average molecular weight is 322 g/mol. The van der Waals surface area contributed by atoms with Crippen LogP contribution in [0, 0.1) is 3.77 Å². The van der Waals surface area contributed by atoms with Crippen molar-refractivity contribution >= 4 is 28.5 Å². The van der Waals surface area contributed by atoms with Crippen molar-refractivity contribution in [1.82, 2.24) is 5.32 Å². The number of halogens is 1. The molecule has 15 heavy (non-hydrogen) atoms. The Labute approximate surface area is 103 Å². The van der Waals surface area contributed by atoms with Gasteiger partial charge >= 0.3 is 0 Å². The first-order valence-electron chi connectivity index (χ1n) is 4.91. The fourth-order valence-electron chi connectivity index (χ4n) is 1.21. The number of rotatable bonds is 7. The smallest absolute Gasteiger partial charge is 0.217 e. The van der Waals surface area contributed by atoms with Gasteiger partial charge in [-0.15, -0.1) is 0 Å². The maximum Gasteiger partial charge on any atom is 0.217 e. The third-order valence-electron chi connectivity index (χ3n) is 1.95. The van der Waals surface area contributed by atoms with E-state index in [2.05, 4.69) is 27.9 Å². The lowest BCUT2D eigenvalue weighted by atomic mass is 10.2. The monoisotopic (exact) mass is 322 g/mol. The van der Waals surface area contributed by atoms with E-state index >= 15 is 0 Å². The van der Waals surface area contributed by atoms with Gasteiger partial charge in [-0.3, -0.25) is 4.79 Å². The van der Waals surface area contributed by atoms with Crippen LogP contribution in [-0.4, -0.2) is 12.5 Å². The van der Waals surface area contributed by atoms with E-state index in [0.717, 1.165) is 35.5 Å². The van der Waals surface area contributed by atoms with Gasteiger partial charge in [-0.2, -0.15) is 0 Å². The molecule has 0 fully saturated rings. The Bertz CT molecular complexity index is 312. The first kappa shape index (κ1) is 12.5. The van der Waals surface area contributed by atoms with Crippen LogP contribution >= 0.6 is 22.6 Å². The van der Waals surface area contributed by atoms with Crippen molar-refractivity contribution in [3.05, 3.63) is 21.7 Å². The summed E-state index contributed by atoms with van der Waals surface area (Å²) in [6.07, 6.45) is 2.28. The van der Waals surface area contributed by atoms with E-state index in [1.807, 2.05) is 12.1 Å². The van der Waals surface area contributed by atoms with E-state index in [4.69, 9.17) is 10.2 Å². The van der Waals surface area contributed by atoms with Crippen LogP contribution < -0.4 is 11.1 Å². The molecule has 5 heteroatoms. The van der Waals surface area contributed by atoms with Crippen molar-refractivity contribution in [1.29, 1.82) is 0 Å². The van der Waals surface area contributed by atoms with Gasteiger partial charge in [0, 0.05) is 6.42 Å². The highest BCUT2D eigenvalue weighted by Gasteiger charge is 1.98. The van der Waals surface area contributed by atoms with Crippen LogP contribution in [0.3, 0.4) is 0 Å². The molecule has 4 nitrogen and oxygen atoms in total. The zero-order chi connectivity index (χ0) is 11.1. The van der Waals surface area contributed by atoms with Gasteiger partial charge in [0.25, 0.3) is 0 Å². The number of nitrogens with two attached hydrogens (primary N) is 1. The highest BCUT2D eigenvalue weighted by Crippen LogP contribution is 2.09. The SMILES string of the molecule is NC(=O)CCCCNCc1ccc(I)o1. The molecule has 1 aromatic heterocycles. The molecule has 0 aliphatic rings. The number of nitrogens with one attached hydrogen (secondary N) is 1. The second kappa shape index (κ2) is 6.84. The summed E-state index contributed by atoms with van der Waals surface area (Å²) < 4.78 is 6.28. The van der Waals surface area contributed by atoms with Crippen molar-refractivity contribution in [2.45, 2.75) is 25.8 Å². The highest BCUT2D eigenvalue weighted by atomic mass is 127. The molecule has 0 atom stereocenters. The minimum Gasteiger partial charge on any atom is -0.454 e. The van der Waals surface area contributed by atoms with Gasteiger partial charge in [0.1, 0.15) is 5.76 Å². The van der Waals surface area contributed by atoms with Crippen LogP contribution in [0.2, 0.25) is 0 Å². The largest absolute Gasteiger partial charge is 0.454 e. The molecule has 0 saturated heterocycles. The summed E-state index contributed by atoms with van der Waals surface area (Å²) in [5.74, 6) is 0.713. The first-order valence-corrected chi connectivity index (χ1v) is 5.99. The van der Waals surface area contributed by atoms with Crippen molar-refractivity contribution in [3.8, 4) is 0 Å². The zero-order valence-corrected chi connectivity index (χ0v) is 10.6. The first-order chi connectivity index (χ1) is 7.18. The summed E-state index contributed by atoms with van der Waals surface area (Å²) in [5.41, 5.74) is 5.03. The lowest BCUT2D eigenvalue weighted by molar-refractivity contribution is -0.118. The van der Waals surface area contributed by atoms with Crippen molar-refractivity contribution in [2.75, 3.05) is 6.54 Å². The maximum atomic E-state index is 10.4. The molecule has 0 aromatic carbocycles. The standard InChI is InChI=1S/C10H15IN2O2/c11-9-5-4-8(15-9)7-13-6-2-1-3-10(12)14/h4-5,13H,1-3,6-7H2,(H2,12,14). The maximum absolute atomic E-state index is 10.4. The van der Waals surface area contributed by atoms with E-state index in [9.17, 15) is 4.79 Å². The van der Waals surface area contributed by atoms with Crippen LogP contribution in [0.4, 0.5) is 0 Å². The predicted octanol–water partition coefficient (Wildman–Crippen LogP) is 1.63. The Hall–Kier alpha value is -0.560. The number of hydrogen-bond acceptors (Lipinski definition) is 3. The molecule has 1 amide bonds. The van der Waals surface area contributed by atoms with Gasteiger partial charge in [0.15, 0.2) is 3.77 Å². The predicted molar refractivity (Wildman–Crippen MR) is 66.2 cm³/mol. The molecule has 1 heterocycles. The second-order valence-corrected chi connectivity index (χ2v) is 4.37. The Morgan fingerprint density at radius 2 is 2.27 bits per heavy atom. The topological polar surface area (TPSA) is 68.3 Å². The normalized spacial score (nSPS) is 10.5. The Kier molecular flexibility index (Phi) is 5.70. The minimum absolute atomic E-state index is 0.226. The molecule has 1 aromatic rings. The molecule has 0 bridgehead atoms. The van der Waals surface area contributed by atoms with Crippen molar-refractivity contribution in [2.24, 2.45) is 5.73 Å². The molecule has 0 spiro atoms. The number of carbonyl (C=O) groups excluding carboxylic acids is 1. The molecule has 0 saturated carbocycles. The fourth-order valence-corrected chi connectivity index (χ4v) is 1.67. The minimum atomic E-state index is -0.226. The summed E-state index contributed by atoms with van der Waals surface area (Å²) in [5, 5.41) is 3.24. The summed E-state index contributed by atoms with van der Waals surface area (Å²) in [6.45, 7) is 1.62. The van der Waals surface area contributed by atoms with Gasteiger partial charge in [0.05, 0.1) is 6.54 Å². The quantitative estimate of drug-likeness (QED) is 0.592. The Morgan fingerprint density at radius 3 is 2.87 bits per heavy atom. The summed E-state index contributed by atoms with van der Waals surface area (Å²) in [6, 6.07) is 3.89. The molecule has 84 valence electrons. The third kappa shape index (κ3) is 5.78. The number of primary amides is 1. The number of unbranched alkanes of at least 4 members (excludes halogenated alkanes) is 1. The number of amides is 1. The fraction of sp³-hybridized carbons (Fsp3) is 0.500. The van der Waals surface area contributed by atoms with Crippen LogP contribution in [0.1, 0.15) is 25.0 Å². The summed E-state index contributed by atoms with van der Waals surface area (Å²) >= 11 is 2.14. The van der Waals surface area contributed by atoms with Crippen LogP contribution in [-0.2, 0) is 11.3 Å². The van der Waals surface area contributed by atoms with E-state index in [0.29, 0.717) is 6.42 Å². The van der Waals surface area contributed by atoms with Gasteiger partial charge in [-0.25, -0.2) is 0 Å². The number of carbonyl (C=O) groups is 1. The lowest BCUT2D eigenvalue weighted by Crippen LogP contribution is -2.15. The number of hydrogen-bond donors (Lipinski definition) is 2. The molecular weight excluding hydrogens is 307 g/mol. The van der Waals surface area contributed by atoms with E-state index < -0.39 is 0 Å². The van der Waals surface area contributed by atoms with E-state index in [1.165, 1.54) is 0 Å². The Morgan fingerprint density at radius 1 is 1.47 bits per heavy atom. The van der Waals surface area contributed by atoms with Gasteiger partial charge in [0.2, 0.25) is 5.91 Å². The Balaban J connectivity index is 2.00. The van der Waals surface area contributed by atoms with Crippen LogP contribution in [0.5, 0.6) is 0 Å². The molecule has 0 aliphatic carbocycles. The van der Waals surface area contributed by atoms with Gasteiger partial charge in [-0.05, 0) is 54.1 Å². The van der Waals surface area contributed by atoms with Crippen LogP contribution in [0.15, 0.2) is 16.5 Å². The number of furan rings is 1. The molecule has 0 radical (unpaired) electrons. The highest BCUT2D eigenvalue weighted by molar-refractivity contribution is 14.1. The molecule has 1 rings (SSSR count). The van der Waals surface area contributed by atoms with Gasteiger partial charge < -0.3 is 15.5 Å². The van der Waals surface area contributed by atoms with Gasteiger partial charge in [-0.1, -0.05) is 0 Å². The molecular formula is C10H15IN2O2. The zero-order valence-electron chi connectivity index (χ0n) is 8.46. The van der Waals surface area contributed by atoms with Crippen molar-refractivity contribution < 1.29 is 9.21 Å². The van der Waals surface area contributed by atoms with E-state index in [-0.39, 0.29) is 5.91 Å². The molecule has 0 aliphatic heterocycles. The van der Waals surface area contributed by atoms with Crippen molar-refractivity contribution in [3.63, 3.8) is 0 Å². The van der Waals surface area contributed by atoms with Crippen LogP contribution in [0.25, 0.3) is 0 Å². The lowest BCUT2D eigenvalue weighted by Gasteiger charge is -2.01. The molecule has 3 N–H and O–H groups in total. The summed E-state index contributed by atoms with van der Waals surface area (Å²) in [7, 11) is 0. The average Bonchev–Trinajstić information content (AvgIpc) is 2.57. The third-order valence-corrected chi connectivity index (χ3v) is 2.53. The summed E-state index contributed by atoms with van der Waals surface area (Å²) in [4.78, 5) is 10.4.